The number of fused-ring (bicyclic) bond motifs is 1. The number of aromatic amines is 1. The largest absolute Gasteiger partial charge is 0.487 e. The standard InChI is InChI=1S/C22H18N6O2S/c1-12-5-14(13(2)28(12)22-16(10-24)7-20(30-4)31-22)6-15(9-23)21-26-17-8-19(29-3)25-11-18(17)27-21/h5-8,11H,1-4H3,(H,26,27)/b15-6+. The van der Waals surface area contributed by atoms with Crippen molar-refractivity contribution >= 4 is 34.0 Å². The maximum Gasteiger partial charge on any atom is 0.215 e. The fraction of sp³-hybridized carbons (Fsp3) is 0.182. The molecule has 4 aromatic heterocycles. The van der Waals surface area contributed by atoms with Gasteiger partial charge < -0.3 is 19.0 Å². The molecule has 4 heterocycles. The predicted octanol–water partition coefficient (Wildman–Crippen LogP) is 4.38. The van der Waals surface area contributed by atoms with Crippen molar-refractivity contribution in [1.29, 1.82) is 10.5 Å². The number of nitriles is 2. The smallest absolute Gasteiger partial charge is 0.215 e. The molecule has 0 unspecified atom stereocenters. The number of rotatable bonds is 5. The van der Waals surface area contributed by atoms with Crippen molar-refractivity contribution in [2.24, 2.45) is 0 Å². The first-order valence-corrected chi connectivity index (χ1v) is 10.1. The number of hydrogen-bond donors (Lipinski definition) is 1. The highest BCUT2D eigenvalue weighted by Gasteiger charge is 2.18. The highest BCUT2D eigenvalue weighted by atomic mass is 32.1. The number of ether oxygens (including phenoxy) is 2. The van der Waals surface area contributed by atoms with E-state index in [-0.39, 0.29) is 0 Å². The topological polar surface area (TPSA) is 113 Å². The van der Waals surface area contributed by atoms with Crippen LogP contribution in [0.25, 0.3) is 27.7 Å². The lowest BCUT2D eigenvalue weighted by molar-refractivity contribution is 0.398. The van der Waals surface area contributed by atoms with Gasteiger partial charge in [0, 0.05) is 23.5 Å². The molecule has 0 bridgehead atoms. The van der Waals surface area contributed by atoms with Crippen LogP contribution < -0.4 is 9.47 Å². The minimum Gasteiger partial charge on any atom is -0.487 e. The summed E-state index contributed by atoms with van der Waals surface area (Å²) >= 11 is 1.40. The molecule has 0 aromatic carbocycles. The van der Waals surface area contributed by atoms with E-state index in [9.17, 15) is 10.5 Å². The Morgan fingerprint density at radius 3 is 2.68 bits per heavy atom. The van der Waals surface area contributed by atoms with Gasteiger partial charge in [0.2, 0.25) is 5.88 Å². The van der Waals surface area contributed by atoms with Gasteiger partial charge in [0.15, 0.2) is 5.06 Å². The Hall–Kier alpha value is -4.08. The molecule has 4 rings (SSSR count). The molecule has 4 aromatic rings. The third-order valence-corrected chi connectivity index (χ3v) is 5.99. The van der Waals surface area contributed by atoms with Crippen LogP contribution >= 0.6 is 11.3 Å². The van der Waals surface area contributed by atoms with E-state index < -0.39 is 0 Å². The summed E-state index contributed by atoms with van der Waals surface area (Å²) in [6, 6.07) is 9.87. The van der Waals surface area contributed by atoms with Crippen molar-refractivity contribution in [1.82, 2.24) is 19.5 Å². The lowest BCUT2D eigenvalue weighted by atomic mass is 10.1. The molecule has 0 fully saturated rings. The highest BCUT2D eigenvalue weighted by Crippen LogP contribution is 2.35. The summed E-state index contributed by atoms with van der Waals surface area (Å²) in [5.41, 5.74) is 5.02. The Morgan fingerprint density at radius 1 is 1.19 bits per heavy atom. The SMILES string of the molecule is COc1cc2nc(/C(C#N)=C/c3cc(C)n(-c4sc(OC)cc4C#N)c3C)[nH]c2cn1. The van der Waals surface area contributed by atoms with Gasteiger partial charge in [-0.2, -0.15) is 10.5 Å². The molecule has 8 nitrogen and oxygen atoms in total. The number of methoxy groups -OCH3 is 2. The van der Waals surface area contributed by atoms with Gasteiger partial charge in [-0.05, 0) is 31.6 Å². The zero-order valence-corrected chi connectivity index (χ0v) is 18.2. The Balaban J connectivity index is 1.80. The van der Waals surface area contributed by atoms with Crippen molar-refractivity contribution in [3.8, 4) is 28.1 Å². The molecule has 0 aliphatic carbocycles. The Kier molecular flexibility index (Phi) is 5.20. The summed E-state index contributed by atoms with van der Waals surface area (Å²) in [7, 11) is 3.12. The quantitative estimate of drug-likeness (QED) is 0.470. The van der Waals surface area contributed by atoms with Gasteiger partial charge >= 0.3 is 0 Å². The van der Waals surface area contributed by atoms with E-state index in [0.29, 0.717) is 38.9 Å². The number of pyridine rings is 1. The van der Waals surface area contributed by atoms with Crippen molar-refractivity contribution in [2.45, 2.75) is 13.8 Å². The van der Waals surface area contributed by atoms with E-state index in [4.69, 9.17) is 9.47 Å². The van der Waals surface area contributed by atoms with E-state index in [0.717, 1.165) is 22.0 Å². The first kappa shape index (κ1) is 20.2. The van der Waals surface area contributed by atoms with Crippen LogP contribution in [0.5, 0.6) is 10.9 Å². The number of nitrogens with zero attached hydrogens (tertiary/aromatic N) is 5. The van der Waals surface area contributed by atoms with E-state index in [1.807, 2.05) is 24.5 Å². The molecule has 0 saturated heterocycles. The lowest BCUT2D eigenvalue weighted by Crippen LogP contribution is -1.98. The molecule has 0 aliphatic heterocycles. The summed E-state index contributed by atoms with van der Waals surface area (Å²) in [5.74, 6) is 0.907. The molecule has 154 valence electrons. The normalized spacial score (nSPS) is 11.4. The van der Waals surface area contributed by atoms with Crippen LogP contribution in [0.3, 0.4) is 0 Å². The minimum absolute atomic E-state index is 0.389. The van der Waals surface area contributed by atoms with E-state index in [2.05, 4.69) is 27.1 Å². The van der Waals surface area contributed by atoms with Crippen LogP contribution in [-0.4, -0.2) is 33.7 Å². The number of H-pyrrole nitrogens is 1. The lowest BCUT2D eigenvalue weighted by Gasteiger charge is -2.07. The summed E-state index contributed by atoms with van der Waals surface area (Å²) in [6.45, 7) is 3.91. The maximum atomic E-state index is 9.79. The molecule has 0 radical (unpaired) electrons. The van der Waals surface area contributed by atoms with Gasteiger partial charge in [-0.25, -0.2) is 9.97 Å². The molecular weight excluding hydrogens is 412 g/mol. The van der Waals surface area contributed by atoms with Crippen molar-refractivity contribution in [3.05, 3.63) is 52.7 Å². The number of thiophene rings is 1. The summed E-state index contributed by atoms with van der Waals surface area (Å²) < 4.78 is 12.4. The number of aromatic nitrogens is 4. The van der Waals surface area contributed by atoms with E-state index in [1.54, 1.807) is 38.6 Å². The van der Waals surface area contributed by atoms with Gasteiger partial charge in [0.25, 0.3) is 0 Å². The van der Waals surface area contributed by atoms with Crippen molar-refractivity contribution in [3.63, 3.8) is 0 Å². The summed E-state index contributed by atoms with van der Waals surface area (Å²) in [5, 5.41) is 20.8. The van der Waals surface area contributed by atoms with E-state index in [1.165, 1.54) is 11.3 Å². The number of nitrogens with one attached hydrogen (secondary N) is 1. The molecule has 1 N–H and O–H groups in total. The molecular formula is C22H18N6O2S. The maximum absolute atomic E-state index is 9.79. The van der Waals surface area contributed by atoms with Crippen molar-refractivity contribution < 1.29 is 9.47 Å². The average Bonchev–Trinajstić information content (AvgIpc) is 3.46. The van der Waals surface area contributed by atoms with Crippen LogP contribution in [-0.2, 0) is 0 Å². The zero-order chi connectivity index (χ0) is 22.1. The highest BCUT2D eigenvalue weighted by molar-refractivity contribution is 7.16. The van der Waals surface area contributed by atoms with Crippen LogP contribution in [0.2, 0.25) is 0 Å². The summed E-state index contributed by atoms with van der Waals surface area (Å²) in [6.07, 6.45) is 3.41. The predicted molar refractivity (Wildman–Crippen MR) is 118 cm³/mol. The van der Waals surface area contributed by atoms with Crippen LogP contribution in [0.15, 0.2) is 24.4 Å². The zero-order valence-electron chi connectivity index (χ0n) is 17.3. The van der Waals surface area contributed by atoms with Crippen LogP contribution in [0.4, 0.5) is 0 Å². The van der Waals surface area contributed by atoms with E-state index >= 15 is 0 Å². The molecule has 0 amide bonds. The average molecular weight is 430 g/mol. The number of imidazole rings is 1. The molecule has 0 spiro atoms. The minimum atomic E-state index is 0.389. The Labute approximate surface area is 182 Å². The van der Waals surface area contributed by atoms with Gasteiger partial charge in [0.05, 0.1) is 42.6 Å². The van der Waals surface area contributed by atoms with Gasteiger partial charge in [-0.1, -0.05) is 11.3 Å². The molecule has 0 saturated carbocycles. The molecule has 0 atom stereocenters. The fourth-order valence-corrected chi connectivity index (χ4v) is 4.43. The summed E-state index contributed by atoms with van der Waals surface area (Å²) in [4.78, 5) is 11.8. The van der Waals surface area contributed by atoms with Gasteiger partial charge in [-0.3, -0.25) is 0 Å². The number of hydrogen-bond acceptors (Lipinski definition) is 7. The first-order chi connectivity index (χ1) is 15.0. The van der Waals surface area contributed by atoms with Crippen LogP contribution in [0.1, 0.15) is 28.3 Å². The third-order valence-electron chi connectivity index (χ3n) is 4.91. The number of allylic oxidation sites excluding steroid dienone is 1. The third kappa shape index (κ3) is 3.52. The number of aryl methyl sites for hydroxylation is 1. The second kappa shape index (κ2) is 7.98. The van der Waals surface area contributed by atoms with Crippen molar-refractivity contribution in [2.75, 3.05) is 14.2 Å². The van der Waals surface area contributed by atoms with Crippen LogP contribution in [0, 0.1) is 36.5 Å². The van der Waals surface area contributed by atoms with Gasteiger partial charge in [-0.15, -0.1) is 0 Å². The Bertz CT molecular complexity index is 1410. The van der Waals surface area contributed by atoms with Gasteiger partial charge in [0.1, 0.15) is 23.0 Å². The second-order valence-corrected chi connectivity index (χ2v) is 7.75. The Morgan fingerprint density at radius 2 is 2.00 bits per heavy atom. The molecule has 0 aliphatic rings. The monoisotopic (exact) mass is 430 g/mol. The first-order valence-electron chi connectivity index (χ1n) is 9.28. The molecule has 31 heavy (non-hydrogen) atoms. The molecule has 9 heteroatoms. The fourth-order valence-electron chi connectivity index (χ4n) is 3.39. The second-order valence-electron chi connectivity index (χ2n) is 6.76.